The lowest BCUT2D eigenvalue weighted by atomic mass is 10.2. The first-order valence-corrected chi connectivity index (χ1v) is 9.15. The highest BCUT2D eigenvalue weighted by Gasteiger charge is 2.34. The summed E-state index contributed by atoms with van der Waals surface area (Å²) < 4.78 is 5.89. The van der Waals surface area contributed by atoms with Crippen LogP contribution in [0.3, 0.4) is 0 Å². The van der Waals surface area contributed by atoms with Gasteiger partial charge in [-0.05, 0) is 44.7 Å². The number of nitrogens with zero attached hydrogens (tertiary/aromatic N) is 3. The molecule has 1 atom stereocenters. The number of amides is 2. The second kappa shape index (κ2) is 6.50. The van der Waals surface area contributed by atoms with E-state index in [-0.39, 0.29) is 12.1 Å². The van der Waals surface area contributed by atoms with Gasteiger partial charge in [0.2, 0.25) is 0 Å². The molecule has 0 aromatic carbocycles. The average molecular weight is 340 g/mol. The molecule has 1 N–H and O–H groups in total. The monoisotopic (exact) mass is 340 g/mol. The molecule has 1 saturated carbocycles. The van der Waals surface area contributed by atoms with E-state index in [4.69, 9.17) is 4.42 Å². The third-order valence-corrected chi connectivity index (χ3v) is 5.02. The second-order valence-corrected chi connectivity index (χ2v) is 6.93. The second-order valence-electron chi connectivity index (χ2n) is 6.93. The number of aromatic nitrogens is 2. The Labute approximate surface area is 147 Å². The fourth-order valence-corrected chi connectivity index (χ4v) is 3.51. The summed E-state index contributed by atoms with van der Waals surface area (Å²) in [6.07, 6.45) is 6.80. The molecule has 0 radical (unpaired) electrons. The van der Waals surface area contributed by atoms with Crippen LogP contribution >= 0.6 is 0 Å². The van der Waals surface area contributed by atoms with Gasteiger partial charge >= 0.3 is 6.03 Å². The van der Waals surface area contributed by atoms with Gasteiger partial charge in [0, 0.05) is 18.9 Å². The maximum atomic E-state index is 12.9. The predicted octanol–water partition coefficient (Wildman–Crippen LogP) is 4.19. The molecule has 0 bridgehead atoms. The molecule has 1 aliphatic heterocycles. The maximum absolute atomic E-state index is 12.9. The van der Waals surface area contributed by atoms with Crippen LogP contribution in [0.1, 0.15) is 67.6 Å². The van der Waals surface area contributed by atoms with Crippen molar-refractivity contribution in [2.75, 3.05) is 11.9 Å². The van der Waals surface area contributed by atoms with E-state index < -0.39 is 0 Å². The minimum absolute atomic E-state index is 0.0102. The van der Waals surface area contributed by atoms with Gasteiger partial charge in [0.15, 0.2) is 0 Å². The first kappa shape index (κ1) is 16.1. The van der Waals surface area contributed by atoms with Gasteiger partial charge < -0.3 is 14.6 Å². The van der Waals surface area contributed by atoms with Gasteiger partial charge in [-0.2, -0.15) is 0 Å². The van der Waals surface area contributed by atoms with Gasteiger partial charge in [-0.3, -0.25) is 0 Å². The number of anilines is 1. The van der Waals surface area contributed by atoms with Crippen molar-refractivity contribution in [1.29, 1.82) is 0 Å². The zero-order valence-corrected chi connectivity index (χ0v) is 14.8. The molecule has 0 spiro atoms. The highest BCUT2D eigenvalue weighted by atomic mass is 16.3. The number of urea groups is 1. The van der Waals surface area contributed by atoms with Crippen molar-refractivity contribution in [3.05, 3.63) is 41.4 Å². The molecule has 2 fully saturated rings. The van der Waals surface area contributed by atoms with Crippen LogP contribution in [0.15, 0.2) is 22.7 Å². The molecule has 3 heterocycles. The molecule has 6 heteroatoms. The molecular formula is C19H24N4O2. The van der Waals surface area contributed by atoms with E-state index in [1.54, 1.807) is 6.20 Å². The fourth-order valence-electron chi connectivity index (χ4n) is 3.51. The highest BCUT2D eigenvalue weighted by molar-refractivity contribution is 5.90. The predicted molar refractivity (Wildman–Crippen MR) is 94.5 cm³/mol. The quantitative estimate of drug-likeness (QED) is 0.906. The lowest BCUT2D eigenvalue weighted by molar-refractivity contribution is 0.199. The average Bonchev–Trinajstić information content (AvgIpc) is 3.14. The van der Waals surface area contributed by atoms with Crippen LogP contribution in [0.5, 0.6) is 0 Å². The molecule has 1 aliphatic carbocycles. The summed E-state index contributed by atoms with van der Waals surface area (Å²) in [5, 5.41) is 3.04. The maximum Gasteiger partial charge on any atom is 0.322 e. The third-order valence-electron chi connectivity index (χ3n) is 5.02. The summed E-state index contributed by atoms with van der Waals surface area (Å²) in [6, 6.07) is 3.92. The van der Waals surface area contributed by atoms with Crippen molar-refractivity contribution in [1.82, 2.24) is 14.9 Å². The lowest BCUT2D eigenvalue weighted by Gasteiger charge is -2.24. The van der Waals surface area contributed by atoms with E-state index in [2.05, 4.69) is 22.2 Å². The molecule has 2 aromatic rings. The summed E-state index contributed by atoms with van der Waals surface area (Å²) in [7, 11) is 0. The Morgan fingerprint density at radius 2 is 2.20 bits per heavy atom. The van der Waals surface area contributed by atoms with Gasteiger partial charge in [-0.15, -0.1) is 0 Å². The Morgan fingerprint density at radius 1 is 1.36 bits per heavy atom. The molecule has 0 unspecified atom stereocenters. The van der Waals surface area contributed by atoms with Crippen molar-refractivity contribution in [3.63, 3.8) is 0 Å². The first-order valence-electron chi connectivity index (χ1n) is 9.15. The summed E-state index contributed by atoms with van der Waals surface area (Å²) in [4.78, 5) is 23.5. The Kier molecular flexibility index (Phi) is 4.19. The van der Waals surface area contributed by atoms with Gasteiger partial charge in [0.25, 0.3) is 0 Å². The number of carbonyl (C=O) groups excluding carboxylic acids is 1. The Hall–Kier alpha value is -2.37. The third kappa shape index (κ3) is 3.25. The summed E-state index contributed by atoms with van der Waals surface area (Å²) >= 11 is 0. The standard InChI is InChI=1S/C19H24N4O2/c1-3-14-8-9-17(25-14)16-5-4-10-23(16)19(24)22-15-11-20-12(2)21-18(15)13-6-7-13/h8-9,11,13,16H,3-7,10H2,1-2H3,(H,22,24)/t16-/m1/s1. The number of hydrogen-bond acceptors (Lipinski definition) is 4. The molecule has 4 rings (SSSR count). The van der Waals surface area contributed by atoms with Crippen LogP contribution in [0.25, 0.3) is 0 Å². The zero-order valence-electron chi connectivity index (χ0n) is 14.8. The van der Waals surface area contributed by atoms with E-state index in [1.807, 2.05) is 24.0 Å². The van der Waals surface area contributed by atoms with Crippen LogP contribution < -0.4 is 5.32 Å². The van der Waals surface area contributed by atoms with E-state index in [9.17, 15) is 4.79 Å². The fraction of sp³-hybridized carbons (Fsp3) is 0.526. The first-order chi connectivity index (χ1) is 12.2. The zero-order chi connectivity index (χ0) is 17.4. The summed E-state index contributed by atoms with van der Waals surface area (Å²) in [6.45, 7) is 4.69. The Bertz CT molecular complexity index is 781. The van der Waals surface area contributed by atoms with Crippen molar-refractivity contribution < 1.29 is 9.21 Å². The van der Waals surface area contributed by atoms with E-state index in [0.717, 1.165) is 67.4 Å². The number of furan rings is 1. The molecule has 6 nitrogen and oxygen atoms in total. The minimum Gasteiger partial charge on any atom is -0.464 e. The normalized spacial score (nSPS) is 20.1. The smallest absolute Gasteiger partial charge is 0.322 e. The van der Waals surface area contributed by atoms with Crippen LogP contribution in [0.2, 0.25) is 0 Å². The SMILES string of the molecule is CCc1ccc([C@H]2CCCN2C(=O)Nc2cnc(C)nc2C2CC2)o1. The van der Waals surface area contributed by atoms with Gasteiger partial charge in [0.05, 0.1) is 23.6 Å². The molecule has 2 amide bonds. The molecule has 2 aromatic heterocycles. The Balaban J connectivity index is 1.52. The van der Waals surface area contributed by atoms with Crippen molar-refractivity contribution in [3.8, 4) is 0 Å². The molecule has 25 heavy (non-hydrogen) atoms. The number of nitrogens with one attached hydrogen (secondary N) is 1. The number of aryl methyl sites for hydroxylation is 2. The number of carbonyl (C=O) groups is 1. The van der Waals surface area contributed by atoms with E-state index >= 15 is 0 Å². The molecule has 2 aliphatic rings. The number of rotatable bonds is 4. The highest BCUT2D eigenvalue weighted by Crippen LogP contribution is 2.42. The topological polar surface area (TPSA) is 71.3 Å². The van der Waals surface area contributed by atoms with Gasteiger partial charge in [-0.25, -0.2) is 14.8 Å². The van der Waals surface area contributed by atoms with Crippen LogP contribution in [-0.2, 0) is 6.42 Å². The largest absolute Gasteiger partial charge is 0.464 e. The van der Waals surface area contributed by atoms with Crippen LogP contribution in [0, 0.1) is 6.92 Å². The van der Waals surface area contributed by atoms with Crippen molar-refractivity contribution >= 4 is 11.7 Å². The number of hydrogen-bond donors (Lipinski definition) is 1. The van der Waals surface area contributed by atoms with Crippen LogP contribution in [0.4, 0.5) is 10.5 Å². The minimum atomic E-state index is -0.0914. The van der Waals surface area contributed by atoms with Crippen LogP contribution in [-0.4, -0.2) is 27.4 Å². The number of likely N-dealkylation sites (tertiary alicyclic amines) is 1. The van der Waals surface area contributed by atoms with E-state index in [0.29, 0.717) is 5.92 Å². The van der Waals surface area contributed by atoms with Gasteiger partial charge in [-0.1, -0.05) is 6.92 Å². The van der Waals surface area contributed by atoms with Crippen molar-refractivity contribution in [2.45, 2.75) is 57.9 Å². The molecule has 132 valence electrons. The molecule has 1 saturated heterocycles. The molecular weight excluding hydrogens is 316 g/mol. The van der Waals surface area contributed by atoms with E-state index in [1.165, 1.54) is 0 Å². The Morgan fingerprint density at radius 3 is 2.92 bits per heavy atom. The van der Waals surface area contributed by atoms with Gasteiger partial charge in [0.1, 0.15) is 17.3 Å². The summed E-state index contributed by atoms with van der Waals surface area (Å²) in [5.74, 6) is 3.06. The lowest BCUT2D eigenvalue weighted by Crippen LogP contribution is -2.34. The summed E-state index contributed by atoms with van der Waals surface area (Å²) in [5.41, 5.74) is 1.72. The van der Waals surface area contributed by atoms with Crippen molar-refractivity contribution in [2.24, 2.45) is 0 Å².